The van der Waals surface area contributed by atoms with E-state index in [9.17, 15) is 0 Å². The van der Waals surface area contributed by atoms with Gasteiger partial charge in [0.05, 0.1) is 5.84 Å². The third-order valence-electron chi connectivity index (χ3n) is 3.15. The van der Waals surface area contributed by atoms with Gasteiger partial charge in [-0.1, -0.05) is 0 Å². The molecule has 0 aromatic rings. The summed E-state index contributed by atoms with van der Waals surface area (Å²) >= 11 is 0. The molecule has 0 unspecified atom stereocenters. The first-order valence-corrected chi connectivity index (χ1v) is 5.20. The van der Waals surface area contributed by atoms with Crippen LogP contribution in [0.5, 0.6) is 0 Å². The summed E-state index contributed by atoms with van der Waals surface area (Å²) in [7, 11) is 0. The van der Waals surface area contributed by atoms with Crippen molar-refractivity contribution in [3.8, 4) is 0 Å². The maximum atomic E-state index is 9.04. The van der Waals surface area contributed by atoms with Crippen LogP contribution >= 0.6 is 0 Å². The first-order chi connectivity index (χ1) is 6.69. The van der Waals surface area contributed by atoms with Gasteiger partial charge in [0.25, 0.3) is 0 Å². The van der Waals surface area contributed by atoms with E-state index in [1.54, 1.807) is 6.92 Å². The maximum Gasteiger partial charge on any atom is 0.0925 e. The van der Waals surface area contributed by atoms with Gasteiger partial charge in [-0.3, -0.25) is 5.41 Å². The van der Waals surface area contributed by atoms with E-state index in [1.807, 2.05) is 4.90 Å². The molecule has 0 atom stereocenters. The van der Waals surface area contributed by atoms with Gasteiger partial charge in [0.15, 0.2) is 0 Å². The van der Waals surface area contributed by atoms with Gasteiger partial charge >= 0.3 is 0 Å². The molecule has 1 aliphatic rings. The van der Waals surface area contributed by atoms with Crippen molar-refractivity contribution in [3.63, 3.8) is 0 Å². The molecule has 0 radical (unpaired) electrons. The molecule has 4 nitrogen and oxygen atoms in total. The van der Waals surface area contributed by atoms with Gasteiger partial charge in [0, 0.05) is 32.2 Å². The predicted molar refractivity (Wildman–Crippen MR) is 55.4 cm³/mol. The Labute approximate surface area is 85.1 Å². The average molecular weight is 200 g/mol. The van der Waals surface area contributed by atoms with E-state index in [0.29, 0.717) is 11.8 Å². The number of hydrogen-bond donors (Lipinski definition) is 3. The molecule has 82 valence electrons. The summed E-state index contributed by atoms with van der Waals surface area (Å²) in [5.74, 6) is 1.07. The van der Waals surface area contributed by atoms with Gasteiger partial charge in [-0.15, -0.1) is 0 Å². The Morgan fingerprint density at radius 1 is 1.36 bits per heavy atom. The van der Waals surface area contributed by atoms with Crippen LogP contribution in [-0.4, -0.2) is 47.3 Å². The predicted octanol–water partition coefficient (Wildman–Crippen LogP) is 0.296. The summed E-state index contributed by atoms with van der Waals surface area (Å²) in [6.45, 7) is 3.72. The second-order valence-electron chi connectivity index (χ2n) is 4.04. The Hall–Kier alpha value is -0.610. The van der Waals surface area contributed by atoms with Crippen LogP contribution in [-0.2, 0) is 0 Å². The molecule has 1 heterocycles. The molecule has 1 fully saturated rings. The molecule has 14 heavy (non-hydrogen) atoms. The summed E-state index contributed by atoms with van der Waals surface area (Å²) in [4.78, 5) is 2.04. The largest absolute Gasteiger partial charge is 0.396 e. The standard InChI is InChI=1S/C10H20N2O2/c1-8(11)12-4-2-9(3-5-12)10(6-13)7-14/h9-11,13-14H,2-7H2,1H3. The number of nitrogens with zero attached hydrogens (tertiary/aromatic N) is 1. The molecule has 1 aliphatic heterocycles. The number of piperidine rings is 1. The molecular formula is C10H20N2O2. The molecule has 3 N–H and O–H groups in total. The SMILES string of the molecule is CC(=N)N1CCC(C(CO)CO)CC1. The molecular weight excluding hydrogens is 180 g/mol. The Morgan fingerprint density at radius 3 is 2.21 bits per heavy atom. The van der Waals surface area contributed by atoms with Crippen LogP contribution in [0, 0.1) is 17.2 Å². The second-order valence-corrected chi connectivity index (χ2v) is 4.04. The highest BCUT2D eigenvalue weighted by Gasteiger charge is 2.25. The molecule has 0 saturated carbocycles. The maximum absolute atomic E-state index is 9.04. The van der Waals surface area contributed by atoms with E-state index in [0.717, 1.165) is 25.9 Å². The summed E-state index contributed by atoms with van der Waals surface area (Å²) in [5.41, 5.74) is 0. The van der Waals surface area contributed by atoms with Gasteiger partial charge < -0.3 is 15.1 Å². The van der Waals surface area contributed by atoms with Crippen molar-refractivity contribution in [2.45, 2.75) is 19.8 Å². The van der Waals surface area contributed by atoms with Crippen LogP contribution in [0.2, 0.25) is 0 Å². The zero-order valence-electron chi connectivity index (χ0n) is 8.74. The number of aliphatic hydroxyl groups excluding tert-OH is 2. The second kappa shape index (κ2) is 5.32. The van der Waals surface area contributed by atoms with E-state index >= 15 is 0 Å². The molecule has 0 bridgehead atoms. The van der Waals surface area contributed by atoms with Crippen LogP contribution in [0.25, 0.3) is 0 Å². The van der Waals surface area contributed by atoms with Crippen molar-refractivity contribution in [1.29, 1.82) is 5.41 Å². The molecule has 0 aromatic heterocycles. The zero-order chi connectivity index (χ0) is 10.6. The summed E-state index contributed by atoms with van der Waals surface area (Å²) < 4.78 is 0. The zero-order valence-corrected chi connectivity index (χ0v) is 8.74. The highest BCUT2D eigenvalue weighted by Crippen LogP contribution is 2.24. The van der Waals surface area contributed by atoms with Gasteiger partial charge in [0.1, 0.15) is 0 Å². The fourth-order valence-electron chi connectivity index (χ4n) is 2.06. The van der Waals surface area contributed by atoms with Gasteiger partial charge in [-0.2, -0.15) is 0 Å². The third-order valence-corrected chi connectivity index (χ3v) is 3.15. The van der Waals surface area contributed by atoms with Crippen molar-refractivity contribution in [3.05, 3.63) is 0 Å². The number of likely N-dealkylation sites (tertiary alicyclic amines) is 1. The van der Waals surface area contributed by atoms with E-state index in [2.05, 4.69) is 0 Å². The fraction of sp³-hybridized carbons (Fsp3) is 0.900. The fourth-order valence-corrected chi connectivity index (χ4v) is 2.06. The van der Waals surface area contributed by atoms with Crippen molar-refractivity contribution >= 4 is 5.84 Å². The van der Waals surface area contributed by atoms with Crippen molar-refractivity contribution in [2.24, 2.45) is 11.8 Å². The minimum absolute atomic E-state index is 0.0307. The summed E-state index contributed by atoms with van der Waals surface area (Å²) in [5, 5.41) is 25.6. The van der Waals surface area contributed by atoms with Crippen molar-refractivity contribution < 1.29 is 10.2 Å². The smallest absolute Gasteiger partial charge is 0.0925 e. The minimum Gasteiger partial charge on any atom is -0.396 e. The molecule has 4 heteroatoms. The molecule has 0 spiro atoms. The normalized spacial score (nSPS) is 19.0. The van der Waals surface area contributed by atoms with Gasteiger partial charge in [-0.25, -0.2) is 0 Å². The van der Waals surface area contributed by atoms with E-state index in [1.165, 1.54) is 0 Å². The first-order valence-electron chi connectivity index (χ1n) is 5.20. The van der Waals surface area contributed by atoms with Crippen molar-refractivity contribution in [2.75, 3.05) is 26.3 Å². The monoisotopic (exact) mass is 200 g/mol. The van der Waals surface area contributed by atoms with Gasteiger partial charge in [0.2, 0.25) is 0 Å². The van der Waals surface area contributed by atoms with E-state index in [4.69, 9.17) is 15.6 Å². The average Bonchev–Trinajstić information content (AvgIpc) is 2.20. The third kappa shape index (κ3) is 2.69. The highest BCUT2D eigenvalue weighted by atomic mass is 16.3. The number of hydrogen-bond acceptors (Lipinski definition) is 3. The quantitative estimate of drug-likeness (QED) is 0.453. The Bertz CT molecular complexity index is 185. The molecule has 0 aliphatic carbocycles. The van der Waals surface area contributed by atoms with Crippen LogP contribution in [0.4, 0.5) is 0 Å². The van der Waals surface area contributed by atoms with Crippen LogP contribution in [0.1, 0.15) is 19.8 Å². The lowest BCUT2D eigenvalue weighted by Crippen LogP contribution is -2.39. The molecule has 1 rings (SSSR count). The Morgan fingerprint density at radius 2 is 1.86 bits per heavy atom. The van der Waals surface area contributed by atoms with Crippen LogP contribution in [0.3, 0.4) is 0 Å². The first kappa shape index (κ1) is 11.5. The number of amidine groups is 1. The lowest BCUT2D eigenvalue weighted by atomic mass is 9.85. The van der Waals surface area contributed by atoms with E-state index in [-0.39, 0.29) is 19.1 Å². The molecule has 1 saturated heterocycles. The van der Waals surface area contributed by atoms with Crippen LogP contribution in [0.15, 0.2) is 0 Å². The topological polar surface area (TPSA) is 67.6 Å². The lowest BCUT2D eigenvalue weighted by Gasteiger charge is -2.35. The number of rotatable bonds is 3. The van der Waals surface area contributed by atoms with Crippen LogP contribution < -0.4 is 0 Å². The molecule has 0 amide bonds. The van der Waals surface area contributed by atoms with Crippen molar-refractivity contribution in [1.82, 2.24) is 4.90 Å². The number of nitrogens with one attached hydrogen (secondary N) is 1. The Balaban J connectivity index is 2.38. The highest BCUT2D eigenvalue weighted by molar-refractivity contribution is 5.76. The number of aliphatic hydroxyl groups is 2. The summed E-state index contributed by atoms with van der Waals surface area (Å²) in [6.07, 6.45) is 1.95. The Kier molecular flexibility index (Phi) is 4.35. The lowest BCUT2D eigenvalue weighted by molar-refractivity contribution is 0.0797. The molecule has 0 aromatic carbocycles. The minimum atomic E-state index is 0.0307. The van der Waals surface area contributed by atoms with Gasteiger partial charge in [-0.05, 0) is 25.7 Å². The van der Waals surface area contributed by atoms with E-state index < -0.39 is 0 Å². The summed E-state index contributed by atoms with van der Waals surface area (Å²) in [6, 6.07) is 0.